The summed E-state index contributed by atoms with van der Waals surface area (Å²) in [5.41, 5.74) is 9.21. The number of aromatic carboxylic acids is 1. The topological polar surface area (TPSA) is 102 Å². The SMILES string of the molecule is Nc1cc(C(=O)O)cc(-c2ccc(NC(=O)OCc3ccccc3)cc2)c1. The predicted molar refractivity (Wildman–Crippen MR) is 103 cm³/mol. The van der Waals surface area contributed by atoms with Gasteiger partial charge in [-0.05, 0) is 47.0 Å². The van der Waals surface area contributed by atoms with Crippen LogP contribution in [0.5, 0.6) is 0 Å². The summed E-state index contributed by atoms with van der Waals surface area (Å²) in [4.78, 5) is 23.0. The Hall–Kier alpha value is -3.80. The number of nitrogens with one attached hydrogen (secondary N) is 1. The molecule has 3 rings (SSSR count). The summed E-state index contributed by atoms with van der Waals surface area (Å²) < 4.78 is 5.17. The lowest BCUT2D eigenvalue weighted by Gasteiger charge is -2.09. The number of carboxylic acids is 1. The van der Waals surface area contributed by atoms with E-state index >= 15 is 0 Å². The van der Waals surface area contributed by atoms with Crippen LogP contribution in [0.3, 0.4) is 0 Å². The molecule has 27 heavy (non-hydrogen) atoms. The van der Waals surface area contributed by atoms with Gasteiger partial charge in [-0.3, -0.25) is 5.32 Å². The number of nitrogen functional groups attached to an aromatic ring is 1. The van der Waals surface area contributed by atoms with E-state index in [1.54, 1.807) is 36.4 Å². The van der Waals surface area contributed by atoms with Crippen molar-refractivity contribution in [1.29, 1.82) is 0 Å². The standard InChI is InChI=1S/C21H18N2O4/c22-18-11-16(10-17(12-18)20(24)25)15-6-8-19(9-7-15)23-21(26)27-13-14-4-2-1-3-5-14/h1-12H,13,22H2,(H,23,26)(H,24,25). The summed E-state index contributed by atoms with van der Waals surface area (Å²) in [6, 6.07) is 21.0. The number of hydrogen-bond acceptors (Lipinski definition) is 4. The molecule has 6 nitrogen and oxygen atoms in total. The minimum Gasteiger partial charge on any atom is -0.478 e. The lowest BCUT2D eigenvalue weighted by Crippen LogP contribution is -2.13. The molecule has 4 N–H and O–H groups in total. The van der Waals surface area contributed by atoms with E-state index in [1.165, 1.54) is 6.07 Å². The smallest absolute Gasteiger partial charge is 0.411 e. The van der Waals surface area contributed by atoms with Crippen molar-refractivity contribution in [3.05, 3.63) is 83.9 Å². The number of ether oxygens (including phenoxy) is 1. The molecule has 0 aliphatic carbocycles. The first-order valence-corrected chi connectivity index (χ1v) is 8.23. The van der Waals surface area contributed by atoms with E-state index in [2.05, 4.69) is 5.32 Å². The van der Waals surface area contributed by atoms with Crippen molar-refractivity contribution in [2.75, 3.05) is 11.1 Å². The van der Waals surface area contributed by atoms with Crippen LogP contribution >= 0.6 is 0 Å². The van der Waals surface area contributed by atoms with Gasteiger partial charge in [0.25, 0.3) is 0 Å². The number of carbonyl (C=O) groups excluding carboxylic acids is 1. The molecular weight excluding hydrogens is 344 g/mol. The number of hydrogen-bond donors (Lipinski definition) is 3. The molecule has 0 unspecified atom stereocenters. The Morgan fingerprint density at radius 2 is 1.63 bits per heavy atom. The second kappa shape index (κ2) is 8.05. The summed E-state index contributed by atoms with van der Waals surface area (Å²) >= 11 is 0. The van der Waals surface area contributed by atoms with E-state index in [4.69, 9.17) is 15.6 Å². The van der Waals surface area contributed by atoms with E-state index in [1.807, 2.05) is 30.3 Å². The van der Waals surface area contributed by atoms with Crippen molar-refractivity contribution in [3.63, 3.8) is 0 Å². The second-order valence-electron chi connectivity index (χ2n) is 5.91. The zero-order chi connectivity index (χ0) is 19.2. The number of carboxylic acid groups (broad SMARTS) is 1. The highest BCUT2D eigenvalue weighted by Gasteiger charge is 2.08. The van der Waals surface area contributed by atoms with Gasteiger partial charge in [0, 0.05) is 11.4 Å². The summed E-state index contributed by atoms with van der Waals surface area (Å²) in [7, 11) is 0. The number of carbonyl (C=O) groups is 2. The molecule has 3 aromatic rings. The van der Waals surface area contributed by atoms with Crippen LogP contribution in [0.2, 0.25) is 0 Å². The van der Waals surface area contributed by atoms with Crippen LogP contribution in [0.1, 0.15) is 15.9 Å². The number of anilines is 2. The Bertz CT molecular complexity index is 954. The van der Waals surface area contributed by atoms with Crippen molar-refractivity contribution in [2.24, 2.45) is 0 Å². The molecule has 3 aromatic carbocycles. The summed E-state index contributed by atoms with van der Waals surface area (Å²) in [5, 5.41) is 11.8. The van der Waals surface area contributed by atoms with E-state index in [0.29, 0.717) is 16.9 Å². The zero-order valence-corrected chi connectivity index (χ0v) is 14.4. The summed E-state index contributed by atoms with van der Waals surface area (Å²) in [5.74, 6) is -1.04. The molecule has 0 radical (unpaired) electrons. The normalized spacial score (nSPS) is 10.2. The van der Waals surface area contributed by atoms with Gasteiger partial charge in [0.05, 0.1) is 5.56 Å². The van der Waals surface area contributed by atoms with E-state index in [-0.39, 0.29) is 12.2 Å². The molecule has 0 aliphatic rings. The molecule has 0 atom stereocenters. The molecule has 0 spiro atoms. The number of amides is 1. The minimum atomic E-state index is -1.04. The van der Waals surface area contributed by atoms with Gasteiger partial charge in [-0.15, -0.1) is 0 Å². The highest BCUT2D eigenvalue weighted by molar-refractivity contribution is 5.91. The quantitative estimate of drug-likeness (QED) is 0.585. The Morgan fingerprint density at radius 1 is 0.926 bits per heavy atom. The zero-order valence-electron chi connectivity index (χ0n) is 14.4. The number of rotatable bonds is 5. The Morgan fingerprint density at radius 3 is 2.30 bits per heavy atom. The summed E-state index contributed by atoms with van der Waals surface area (Å²) in [6.45, 7) is 0.187. The van der Waals surface area contributed by atoms with Crippen LogP contribution in [0.25, 0.3) is 11.1 Å². The molecule has 6 heteroatoms. The molecule has 0 fully saturated rings. The average molecular weight is 362 g/mol. The highest BCUT2D eigenvalue weighted by atomic mass is 16.5. The van der Waals surface area contributed by atoms with Crippen molar-refractivity contribution in [3.8, 4) is 11.1 Å². The first-order chi connectivity index (χ1) is 13.0. The first-order valence-electron chi connectivity index (χ1n) is 8.23. The molecule has 0 saturated carbocycles. The third-order valence-corrected chi connectivity index (χ3v) is 3.88. The van der Waals surface area contributed by atoms with Gasteiger partial charge in [0.2, 0.25) is 0 Å². The summed E-state index contributed by atoms with van der Waals surface area (Å²) in [6.07, 6.45) is -0.552. The van der Waals surface area contributed by atoms with Crippen molar-refractivity contribution in [2.45, 2.75) is 6.61 Å². The second-order valence-corrected chi connectivity index (χ2v) is 5.91. The third kappa shape index (κ3) is 4.85. The van der Waals surface area contributed by atoms with Gasteiger partial charge in [-0.2, -0.15) is 0 Å². The Balaban J connectivity index is 1.65. The lowest BCUT2D eigenvalue weighted by molar-refractivity contribution is 0.0697. The lowest BCUT2D eigenvalue weighted by atomic mass is 10.0. The molecule has 1 amide bonds. The van der Waals surface area contributed by atoms with Gasteiger partial charge < -0.3 is 15.6 Å². The van der Waals surface area contributed by atoms with Gasteiger partial charge in [0.1, 0.15) is 6.61 Å². The fourth-order valence-electron chi connectivity index (χ4n) is 2.56. The maximum atomic E-state index is 11.9. The molecular formula is C21H18N2O4. The fraction of sp³-hybridized carbons (Fsp3) is 0.0476. The third-order valence-electron chi connectivity index (χ3n) is 3.88. The average Bonchev–Trinajstić information content (AvgIpc) is 2.67. The van der Waals surface area contributed by atoms with Gasteiger partial charge >= 0.3 is 12.1 Å². The highest BCUT2D eigenvalue weighted by Crippen LogP contribution is 2.25. The monoisotopic (exact) mass is 362 g/mol. The van der Waals surface area contributed by atoms with Crippen LogP contribution in [0.15, 0.2) is 72.8 Å². The van der Waals surface area contributed by atoms with Crippen molar-refractivity contribution >= 4 is 23.4 Å². The first kappa shape index (κ1) is 18.0. The van der Waals surface area contributed by atoms with Crippen LogP contribution in [0.4, 0.5) is 16.2 Å². The van der Waals surface area contributed by atoms with E-state index in [0.717, 1.165) is 11.1 Å². The van der Waals surface area contributed by atoms with Crippen LogP contribution in [-0.2, 0) is 11.3 Å². The Labute approximate surface area is 156 Å². The number of nitrogens with two attached hydrogens (primary N) is 1. The molecule has 0 aromatic heterocycles. The van der Waals surface area contributed by atoms with Gasteiger partial charge in [-0.25, -0.2) is 9.59 Å². The molecule has 136 valence electrons. The molecule has 0 aliphatic heterocycles. The largest absolute Gasteiger partial charge is 0.478 e. The van der Waals surface area contributed by atoms with Crippen LogP contribution in [-0.4, -0.2) is 17.2 Å². The van der Waals surface area contributed by atoms with Crippen molar-refractivity contribution in [1.82, 2.24) is 0 Å². The van der Waals surface area contributed by atoms with Gasteiger partial charge in [-0.1, -0.05) is 42.5 Å². The van der Waals surface area contributed by atoms with E-state index in [9.17, 15) is 9.59 Å². The predicted octanol–water partition coefficient (Wildman–Crippen LogP) is 4.38. The number of benzene rings is 3. The minimum absolute atomic E-state index is 0.122. The maximum Gasteiger partial charge on any atom is 0.411 e. The van der Waals surface area contributed by atoms with E-state index < -0.39 is 12.1 Å². The molecule has 0 bridgehead atoms. The molecule has 0 heterocycles. The van der Waals surface area contributed by atoms with Gasteiger partial charge in [0.15, 0.2) is 0 Å². The fourth-order valence-corrected chi connectivity index (χ4v) is 2.56. The Kier molecular flexibility index (Phi) is 5.37. The maximum absolute atomic E-state index is 11.9. The van der Waals surface area contributed by atoms with Crippen LogP contribution < -0.4 is 11.1 Å². The molecule has 0 saturated heterocycles. The van der Waals surface area contributed by atoms with Crippen molar-refractivity contribution < 1.29 is 19.4 Å². The van der Waals surface area contributed by atoms with Crippen LogP contribution in [0, 0.1) is 0 Å².